The molecule has 0 atom stereocenters. The van der Waals surface area contributed by atoms with Gasteiger partial charge in [-0.25, -0.2) is 4.99 Å². The van der Waals surface area contributed by atoms with Gasteiger partial charge in [-0.15, -0.1) is 0 Å². The first-order chi connectivity index (χ1) is 10.1. The van der Waals surface area contributed by atoms with Gasteiger partial charge in [-0.3, -0.25) is 4.79 Å². The molecule has 0 radical (unpaired) electrons. The fraction of sp³-hybridized carbons (Fsp3) is 0.125. The van der Waals surface area contributed by atoms with Crippen LogP contribution in [0.4, 0.5) is 5.69 Å². The molecule has 0 aliphatic carbocycles. The summed E-state index contributed by atoms with van der Waals surface area (Å²) in [6, 6.07) is 9.63. The van der Waals surface area contributed by atoms with E-state index in [2.05, 4.69) is 16.4 Å². The fourth-order valence-corrected chi connectivity index (χ4v) is 2.84. The number of amidine groups is 1. The summed E-state index contributed by atoms with van der Waals surface area (Å²) in [6.07, 6.45) is 3.29. The van der Waals surface area contributed by atoms with Crippen LogP contribution in [-0.4, -0.2) is 11.1 Å². The van der Waals surface area contributed by atoms with Gasteiger partial charge in [0.1, 0.15) is 5.76 Å². The Hall–Kier alpha value is -2.27. The standard InChI is InChI=1S/C16H14N2O2S/c1-10-5-6-13(11(2)8-10)17-16-18-15(19)14(21-16)9-12-4-3-7-20-12/h3-9H,1-2H3,(H,17,18,19)/b14-9-. The number of carbonyl (C=O) groups is 1. The zero-order chi connectivity index (χ0) is 14.8. The summed E-state index contributed by atoms with van der Waals surface area (Å²) < 4.78 is 5.22. The third-order valence-electron chi connectivity index (χ3n) is 3.04. The summed E-state index contributed by atoms with van der Waals surface area (Å²) in [6.45, 7) is 4.05. The molecule has 0 bridgehead atoms. The number of rotatable bonds is 2. The summed E-state index contributed by atoms with van der Waals surface area (Å²) in [7, 11) is 0. The molecule has 1 N–H and O–H groups in total. The number of benzene rings is 1. The molecule has 1 amide bonds. The predicted molar refractivity (Wildman–Crippen MR) is 85.4 cm³/mol. The molecular formula is C16H14N2O2S. The third-order valence-corrected chi connectivity index (χ3v) is 3.95. The molecule has 2 heterocycles. The van der Waals surface area contributed by atoms with Crippen LogP contribution < -0.4 is 5.32 Å². The lowest BCUT2D eigenvalue weighted by Gasteiger charge is -2.02. The van der Waals surface area contributed by atoms with Crippen LogP contribution >= 0.6 is 11.8 Å². The molecule has 0 unspecified atom stereocenters. The summed E-state index contributed by atoms with van der Waals surface area (Å²) >= 11 is 1.32. The molecule has 1 saturated heterocycles. The van der Waals surface area contributed by atoms with E-state index in [9.17, 15) is 4.79 Å². The van der Waals surface area contributed by atoms with Crippen LogP contribution in [-0.2, 0) is 4.79 Å². The minimum atomic E-state index is -0.153. The Morgan fingerprint density at radius 2 is 2.14 bits per heavy atom. The van der Waals surface area contributed by atoms with Gasteiger partial charge >= 0.3 is 0 Å². The Morgan fingerprint density at radius 1 is 1.29 bits per heavy atom. The first-order valence-electron chi connectivity index (χ1n) is 6.52. The number of amides is 1. The van der Waals surface area contributed by atoms with Gasteiger partial charge in [0.15, 0.2) is 5.17 Å². The molecule has 5 heteroatoms. The van der Waals surface area contributed by atoms with Crippen molar-refractivity contribution >= 4 is 34.6 Å². The predicted octanol–water partition coefficient (Wildman–Crippen LogP) is 3.79. The van der Waals surface area contributed by atoms with Crippen molar-refractivity contribution in [1.82, 2.24) is 5.32 Å². The molecule has 1 aromatic carbocycles. The van der Waals surface area contributed by atoms with Crippen molar-refractivity contribution in [2.24, 2.45) is 4.99 Å². The van der Waals surface area contributed by atoms with Crippen molar-refractivity contribution in [2.45, 2.75) is 13.8 Å². The van der Waals surface area contributed by atoms with Gasteiger partial charge in [0.05, 0.1) is 16.9 Å². The van der Waals surface area contributed by atoms with Gasteiger partial charge in [-0.2, -0.15) is 0 Å². The Kier molecular flexibility index (Phi) is 3.66. The van der Waals surface area contributed by atoms with E-state index in [1.54, 1.807) is 24.5 Å². The second kappa shape index (κ2) is 5.61. The highest BCUT2D eigenvalue weighted by Gasteiger charge is 2.24. The Labute approximate surface area is 127 Å². The number of hydrogen-bond acceptors (Lipinski definition) is 4. The molecule has 2 aromatic rings. The second-order valence-corrected chi connectivity index (χ2v) is 5.82. The summed E-state index contributed by atoms with van der Waals surface area (Å²) in [5.41, 5.74) is 3.14. The lowest BCUT2D eigenvalue weighted by atomic mass is 10.1. The number of aliphatic imine (C=N–C) groups is 1. The number of thioether (sulfide) groups is 1. The molecule has 3 rings (SSSR count). The van der Waals surface area contributed by atoms with E-state index in [1.807, 2.05) is 26.0 Å². The van der Waals surface area contributed by atoms with Gasteiger partial charge in [-0.1, -0.05) is 17.7 Å². The molecule has 1 aliphatic rings. The highest BCUT2D eigenvalue weighted by molar-refractivity contribution is 8.18. The molecule has 0 saturated carbocycles. The topological polar surface area (TPSA) is 54.6 Å². The molecule has 4 nitrogen and oxygen atoms in total. The Balaban J connectivity index is 1.85. The molecule has 21 heavy (non-hydrogen) atoms. The Bertz CT molecular complexity index is 746. The maximum Gasteiger partial charge on any atom is 0.264 e. The number of hydrogen-bond donors (Lipinski definition) is 1. The van der Waals surface area contributed by atoms with Crippen LogP contribution in [0.25, 0.3) is 6.08 Å². The maximum atomic E-state index is 11.9. The summed E-state index contributed by atoms with van der Waals surface area (Å²) in [5, 5.41) is 3.36. The van der Waals surface area contributed by atoms with Crippen LogP contribution in [0.1, 0.15) is 16.9 Å². The van der Waals surface area contributed by atoms with Gasteiger partial charge in [0, 0.05) is 6.08 Å². The van der Waals surface area contributed by atoms with E-state index in [1.165, 1.54) is 17.3 Å². The molecule has 1 fully saturated rings. The average Bonchev–Trinajstić information content (AvgIpc) is 3.04. The second-order valence-electron chi connectivity index (χ2n) is 4.79. The van der Waals surface area contributed by atoms with E-state index in [0.717, 1.165) is 11.3 Å². The minimum Gasteiger partial charge on any atom is -0.465 e. The minimum absolute atomic E-state index is 0.153. The van der Waals surface area contributed by atoms with Crippen molar-refractivity contribution in [1.29, 1.82) is 0 Å². The number of nitrogens with one attached hydrogen (secondary N) is 1. The average molecular weight is 298 g/mol. The highest BCUT2D eigenvalue weighted by atomic mass is 32.2. The van der Waals surface area contributed by atoms with E-state index < -0.39 is 0 Å². The fourth-order valence-electron chi connectivity index (χ4n) is 2.02. The van der Waals surface area contributed by atoms with Crippen LogP contribution in [0.3, 0.4) is 0 Å². The Morgan fingerprint density at radius 3 is 2.86 bits per heavy atom. The van der Waals surface area contributed by atoms with Crippen molar-refractivity contribution in [3.05, 3.63) is 58.4 Å². The van der Waals surface area contributed by atoms with Crippen molar-refractivity contribution in [2.75, 3.05) is 0 Å². The van der Waals surface area contributed by atoms with E-state index in [0.29, 0.717) is 15.8 Å². The SMILES string of the molecule is Cc1ccc(N=C2NC(=O)/C(=C/c3ccco3)S2)c(C)c1. The smallest absolute Gasteiger partial charge is 0.264 e. The third kappa shape index (κ3) is 3.08. The van der Waals surface area contributed by atoms with E-state index >= 15 is 0 Å². The van der Waals surface area contributed by atoms with Crippen LogP contribution in [0.2, 0.25) is 0 Å². The molecule has 1 aromatic heterocycles. The first kappa shape index (κ1) is 13.7. The van der Waals surface area contributed by atoms with Crippen LogP contribution in [0.15, 0.2) is 50.9 Å². The lowest BCUT2D eigenvalue weighted by molar-refractivity contribution is -0.115. The van der Waals surface area contributed by atoms with Gasteiger partial charge < -0.3 is 9.73 Å². The zero-order valence-electron chi connectivity index (χ0n) is 11.7. The molecular weight excluding hydrogens is 284 g/mol. The monoisotopic (exact) mass is 298 g/mol. The largest absolute Gasteiger partial charge is 0.465 e. The molecule has 106 valence electrons. The van der Waals surface area contributed by atoms with Crippen molar-refractivity contribution < 1.29 is 9.21 Å². The van der Waals surface area contributed by atoms with Gasteiger partial charge in [-0.05, 0) is 49.4 Å². The summed E-state index contributed by atoms with van der Waals surface area (Å²) in [4.78, 5) is 17.0. The quantitative estimate of drug-likeness (QED) is 0.858. The van der Waals surface area contributed by atoms with E-state index in [4.69, 9.17) is 4.42 Å². The lowest BCUT2D eigenvalue weighted by Crippen LogP contribution is -2.19. The molecule has 0 spiro atoms. The van der Waals surface area contributed by atoms with Gasteiger partial charge in [0.25, 0.3) is 5.91 Å². The van der Waals surface area contributed by atoms with E-state index in [-0.39, 0.29) is 5.91 Å². The van der Waals surface area contributed by atoms with Crippen molar-refractivity contribution in [3.63, 3.8) is 0 Å². The number of aryl methyl sites for hydroxylation is 2. The van der Waals surface area contributed by atoms with Crippen LogP contribution in [0.5, 0.6) is 0 Å². The highest BCUT2D eigenvalue weighted by Crippen LogP contribution is 2.29. The number of carbonyl (C=O) groups excluding carboxylic acids is 1. The normalized spacial score (nSPS) is 18.5. The maximum absolute atomic E-state index is 11.9. The zero-order valence-corrected chi connectivity index (χ0v) is 12.5. The number of nitrogens with zero attached hydrogens (tertiary/aromatic N) is 1. The molecule has 1 aliphatic heterocycles. The van der Waals surface area contributed by atoms with Crippen molar-refractivity contribution in [3.8, 4) is 0 Å². The van der Waals surface area contributed by atoms with Gasteiger partial charge in [0.2, 0.25) is 0 Å². The summed E-state index contributed by atoms with van der Waals surface area (Å²) in [5.74, 6) is 0.500. The first-order valence-corrected chi connectivity index (χ1v) is 7.34. The van der Waals surface area contributed by atoms with Crippen LogP contribution in [0, 0.1) is 13.8 Å². The number of furan rings is 1.